The van der Waals surface area contributed by atoms with Crippen molar-refractivity contribution in [2.45, 2.75) is 5.92 Å². The molecule has 6 heteroatoms. The third kappa shape index (κ3) is 3.43. The fourth-order valence-electron chi connectivity index (χ4n) is 1.04. The average molecular weight is 291 g/mol. The van der Waals surface area contributed by atoms with Gasteiger partial charge in [-0.3, -0.25) is 0 Å². The van der Waals surface area contributed by atoms with Crippen molar-refractivity contribution in [3.8, 4) is 6.07 Å². The molecule has 1 aromatic rings. The Balaban J connectivity index is 2.79. The van der Waals surface area contributed by atoms with Gasteiger partial charge in [0.2, 0.25) is 0 Å². The summed E-state index contributed by atoms with van der Waals surface area (Å²) >= 11 is 3.17. The van der Waals surface area contributed by atoms with Gasteiger partial charge in [-0.25, -0.2) is 8.78 Å². The Kier molecular flexibility index (Phi) is 4.21. The van der Waals surface area contributed by atoms with Crippen molar-refractivity contribution in [1.29, 1.82) is 5.26 Å². The van der Waals surface area contributed by atoms with Gasteiger partial charge in [0, 0.05) is 4.47 Å². The first-order chi connectivity index (χ1) is 7.48. The van der Waals surface area contributed by atoms with E-state index in [0.29, 0.717) is 10.2 Å². The Morgan fingerprint density at radius 2 is 2.19 bits per heavy atom. The molecule has 0 radical (unpaired) electrons. The maximum absolute atomic E-state index is 12.7. The summed E-state index contributed by atoms with van der Waals surface area (Å²) in [6.45, 7) is -1.93. The number of alkyl halides is 2. The largest absolute Gasteiger partial charge is 0.390 e. The predicted octanol–water partition coefficient (Wildman–Crippen LogP) is 2.36. The van der Waals surface area contributed by atoms with E-state index in [-0.39, 0.29) is 5.56 Å². The summed E-state index contributed by atoms with van der Waals surface area (Å²) in [7, 11) is 0. The highest BCUT2D eigenvalue weighted by atomic mass is 79.9. The Hall–Kier alpha value is -1.19. The van der Waals surface area contributed by atoms with Crippen molar-refractivity contribution in [2.24, 2.45) is 0 Å². The summed E-state index contributed by atoms with van der Waals surface area (Å²) in [4.78, 5) is 0. The second kappa shape index (κ2) is 5.23. The molecular formula is C10H9BrF2N2O. The average Bonchev–Trinajstić information content (AvgIpc) is 2.27. The zero-order valence-electron chi connectivity index (χ0n) is 8.17. The number of nitrogens with one attached hydrogen (secondary N) is 1. The molecule has 0 saturated carbocycles. The number of nitrogens with zero attached hydrogens (tertiary/aromatic N) is 1. The molecule has 0 amide bonds. The lowest BCUT2D eigenvalue weighted by molar-refractivity contribution is -0.0372. The number of halogens is 3. The van der Waals surface area contributed by atoms with E-state index in [1.165, 1.54) is 12.1 Å². The molecule has 0 atom stereocenters. The van der Waals surface area contributed by atoms with Gasteiger partial charge in [0.25, 0.3) is 5.92 Å². The van der Waals surface area contributed by atoms with Gasteiger partial charge in [-0.2, -0.15) is 5.26 Å². The lowest BCUT2D eigenvalue weighted by Gasteiger charge is -2.15. The Morgan fingerprint density at radius 1 is 1.50 bits per heavy atom. The molecule has 86 valence electrons. The summed E-state index contributed by atoms with van der Waals surface area (Å²) in [5, 5.41) is 19.6. The molecule has 0 aliphatic rings. The Labute approximate surface area is 99.8 Å². The first kappa shape index (κ1) is 12.9. The molecule has 0 fully saturated rings. The SMILES string of the molecule is N#Cc1cc(Br)ccc1NCC(F)(F)CO. The lowest BCUT2D eigenvalue weighted by Crippen LogP contribution is -2.31. The van der Waals surface area contributed by atoms with Gasteiger partial charge in [-0.15, -0.1) is 0 Å². The topological polar surface area (TPSA) is 56.0 Å². The third-order valence-corrected chi connectivity index (χ3v) is 2.36. The van der Waals surface area contributed by atoms with Gasteiger partial charge in [-0.05, 0) is 18.2 Å². The van der Waals surface area contributed by atoms with Crippen molar-refractivity contribution in [2.75, 3.05) is 18.5 Å². The fourth-order valence-corrected chi connectivity index (χ4v) is 1.40. The third-order valence-electron chi connectivity index (χ3n) is 1.87. The van der Waals surface area contributed by atoms with Crippen molar-refractivity contribution < 1.29 is 13.9 Å². The monoisotopic (exact) mass is 290 g/mol. The summed E-state index contributed by atoms with van der Waals surface area (Å²) in [5.41, 5.74) is 0.585. The first-order valence-corrected chi connectivity index (χ1v) is 5.20. The standard InChI is InChI=1S/C10H9BrF2N2O/c11-8-1-2-9(7(3-8)4-14)15-5-10(12,13)6-16/h1-3,15-16H,5-6H2. The van der Waals surface area contributed by atoms with Crippen LogP contribution in [0.4, 0.5) is 14.5 Å². The number of rotatable bonds is 4. The van der Waals surface area contributed by atoms with Crippen LogP contribution in [-0.4, -0.2) is 24.2 Å². The van der Waals surface area contributed by atoms with Gasteiger partial charge >= 0.3 is 0 Å². The molecular weight excluding hydrogens is 282 g/mol. The second-order valence-corrected chi connectivity index (χ2v) is 4.09. The zero-order chi connectivity index (χ0) is 12.2. The molecule has 3 nitrogen and oxygen atoms in total. The summed E-state index contributed by atoms with van der Waals surface area (Å²) in [6, 6.07) is 6.58. The molecule has 0 saturated heterocycles. The molecule has 0 bridgehead atoms. The van der Waals surface area contributed by atoms with Gasteiger partial charge in [-0.1, -0.05) is 15.9 Å². The number of anilines is 1. The van der Waals surface area contributed by atoms with Crippen LogP contribution >= 0.6 is 15.9 Å². The quantitative estimate of drug-likeness (QED) is 0.895. The van der Waals surface area contributed by atoms with Crippen LogP contribution in [-0.2, 0) is 0 Å². The van der Waals surface area contributed by atoms with Crippen molar-refractivity contribution in [3.05, 3.63) is 28.2 Å². The summed E-state index contributed by atoms with van der Waals surface area (Å²) in [5.74, 6) is -3.19. The molecule has 0 aromatic heterocycles. The molecule has 0 aliphatic heterocycles. The zero-order valence-corrected chi connectivity index (χ0v) is 9.76. The summed E-state index contributed by atoms with van der Waals surface area (Å²) < 4.78 is 26.2. The van der Waals surface area contributed by atoms with E-state index in [1.807, 2.05) is 6.07 Å². The summed E-state index contributed by atoms with van der Waals surface area (Å²) in [6.07, 6.45) is 0. The van der Waals surface area contributed by atoms with Crippen LogP contribution in [0.5, 0.6) is 0 Å². The van der Waals surface area contributed by atoms with E-state index >= 15 is 0 Å². The number of nitriles is 1. The fraction of sp³-hybridized carbons (Fsp3) is 0.300. The number of benzene rings is 1. The molecule has 0 heterocycles. The molecule has 0 unspecified atom stereocenters. The highest BCUT2D eigenvalue weighted by Gasteiger charge is 2.27. The van der Waals surface area contributed by atoms with Crippen LogP contribution in [0.15, 0.2) is 22.7 Å². The number of aliphatic hydroxyl groups excluding tert-OH is 1. The van der Waals surface area contributed by atoms with Gasteiger partial charge < -0.3 is 10.4 Å². The van der Waals surface area contributed by atoms with E-state index in [2.05, 4.69) is 21.2 Å². The minimum absolute atomic E-state index is 0.267. The predicted molar refractivity (Wildman–Crippen MR) is 59.4 cm³/mol. The molecule has 16 heavy (non-hydrogen) atoms. The van der Waals surface area contributed by atoms with Gasteiger partial charge in [0.15, 0.2) is 0 Å². The number of hydrogen-bond acceptors (Lipinski definition) is 3. The molecule has 0 spiro atoms. The Morgan fingerprint density at radius 3 is 2.75 bits per heavy atom. The van der Waals surface area contributed by atoms with Crippen LogP contribution in [0.2, 0.25) is 0 Å². The van der Waals surface area contributed by atoms with Crippen molar-refractivity contribution in [3.63, 3.8) is 0 Å². The normalized spacial score (nSPS) is 10.9. The molecule has 1 aromatic carbocycles. The van der Waals surface area contributed by atoms with Crippen molar-refractivity contribution in [1.82, 2.24) is 0 Å². The molecule has 1 rings (SSSR count). The lowest BCUT2D eigenvalue weighted by atomic mass is 10.2. The maximum Gasteiger partial charge on any atom is 0.287 e. The number of aliphatic hydroxyl groups is 1. The van der Waals surface area contributed by atoms with Gasteiger partial charge in [0.05, 0.1) is 17.8 Å². The molecule has 2 N–H and O–H groups in total. The van der Waals surface area contributed by atoms with Crippen LogP contribution in [0.3, 0.4) is 0 Å². The highest BCUT2D eigenvalue weighted by Crippen LogP contribution is 2.21. The molecule has 0 aliphatic carbocycles. The minimum atomic E-state index is -3.19. The van der Waals surface area contributed by atoms with E-state index in [9.17, 15) is 8.78 Å². The van der Waals surface area contributed by atoms with E-state index in [1.54, 1.807) is 6.07 Å². The van der Waals surface area contributed by atoms with Crippen LogP contribution in [0.25, 0.3) is 0 Å². The second-order valence-electron chi connectivity index (χ2n) is 3.17. The highest BCUT2D eigenvalue weighted by molar-refractivity contribution is 9.10. The van der Waals surface area contributed by atoms with Crippen LogP contribution < -0.4 is 5.32 Å². The minimum Gasteiger partial charge on any atom is -0.390 e. The Bertz CT molecular complexity index is 418. The van der Waals surface area contributed by atoms with E-state index in [0.717, 1.165) is 0 Å². The van der Waals surface area contributed by atoms with Gasteiger partial charge in [0.1, 0.15) is 12.7 Å². The first-order valence-electron chi connectivity index (χ1n) is 4.41. The van der Waals surface area contributed by atoms with Crippen LogP contribution in [0.1, 0.15) is 5.56 Å². The smallest absolute Gasteiger partial charge is 0.287 e. The van der Waals surface area contributed by atoms with Crippen LogP contribution in [0, 0.1) is 11.3 Å². The maximum atomic E-state index is 12.7. The van der Waals surface area contributed by atoms with E-state index in [4.69, 9.17) is 10.4 Å². The van der Waals surface area contributed by atoms with Crippen molar-refractivity contribution >= 4 is 21.6 Å². The van der Waals surface area contributed by atoms with E-state index < -0.39 is 19.1 Å². The number of hydrogen-bond donors (Lipinski definition) is 2.